The predicted octanol–water partition coefficient (Wildman–Crippen LogP) is 8.50. The van der Waals surface area contributed by atoms with Gasteiger partial charge < -0.3 is 0 Å². The molecule has 0 nitrogen and oxygen atoms in total. The molecule has 0 aliphatic heterocycles. The maximum atomic E-state index is 2.53. The van der Waals surface area contributed by atoms with Crippen molar-refractivity contribution in [3.63, 3.8) is 0 Å². The van der Waals surface area contributed by atoms with Crippen molar-refractivity contribution in [3.8, 4) is 33.4 Å². The summed E-state index contributed by atoms with van der Waals surface area (Å²) in [6.45, 7) is 0. The SMILES string of the molecule is C1=C2c3cc4c(cc3-c3c(ccc5c3Cc3ccccc3-5)C2c2ccccc21)-c1ccccc1C4. The van der Waals surface area contributed by atoms with Crippen LogP contribution in [0.1, 0.15) is 50.4 Å². The Morgan fingerprint density at radius 1 is 0.486 bits per heavy atom. The van der Waals surface area contributed by atoms with Crippen molar-refractivity contribution >= 4 is 11.6 Å². The fourth-order valence-corrected chi connectivity index (χ4v) is 7.31. The van der Waals surface area contributed by atoms with Crippen molar-refractivity contribution in [1.29, 1.82) is 0 Å². The van der Waals surface area contributed by atoms with Crippen molar-refractivity contribution in [2.75, 3.05) is 0 Å². The molecule has 35 heavy (non-hydrogen) atoms. The van der Waals surface area contributed by atoms with Crippen molar-refractivity contribution < 1.29 is 0 Å². The van der Waals surface area contributed by atoms with Gasteiger partial charge in [0.1, 0.15) is 0 Å². The lowest BCUT2D eigenvalue weighted by Gasteiger charge is -2.31. The summed E-state index contributed by atoms with van der Waals surface area (Å²) in [4.78, 5) is 0. The van der Waals surface area contributed by atoms with E-state index in [0.717, 1.165) is 12.8 Å². The molecule has 5 aromatic carbocycles. The van der Waals surface area contributed by atoms with E-state index in [4.69, 9.17) is 0 Å². The molecule has 4 aliphatic rings. The number of allylic oxidation sites excluding steroid dienone is 1. The molecule has 0 bridgehead atoms. The van der Waals surface area contributed by atoms with Gasteiger partial charge in [-0.2, -0.15) is 0 Å². The van der Waals surface area contributed by atoms with Crippen molar-refractivity contribution in [3.05, 3.63) is 142 Å². The molecule has 5 aromatic rings. The van der Waals surface area contributed by atoms with Crippen LogP contribution in [0.2, 0.25) is 0 Å². The minimum atomic E-state index is 0.324. The normalized spacial score (nSPS) is 16.8. The first-order valence-electron chi connectivity index (χ1n) is 12.7. The maximum absolute atomic E-state index is 2.53. The first-order chi connectivity index (χ1) is 17.3. The zero-order valence-corrected chi connectivity index (χ0v) is 19.3. The highest BCUT2D eigenvalue weighted by Crippen LogP contribution is 2.58. The third kappa shape index (κ3) is 2.23. The molecule has 0 heteroatoms. The summed E-state index contributed by atoms with van der Waals surface area (Å²) in [5.41, 5.74) is 21.7. The first-order valence-corrected chi connectivity index (χ1v) is 12.7. The van der Waals surface area contributed by atoms with Gasteiger partial charge in [-0.3, -0.25) is 0 Å². The highest BCUT2D eigenvalue weighted by atomic mass is 14.4. The molecule has 0 aromatic heterocycles. The monoisotopic (exact) mass is 442 g/mol. The van der Waals surface area contributed by atoms with Gasteiger partial charge in [-0.25, -0.2) is 0 Å². The summed E-state index contributed by atoms with van der Waals surface area (Å²) in [5, 5.41) is 0. The van der Waals surface area contributed by atoms with E-state index < -0.39 is 0 Å². The third-order valence-corrected chi connectivity index (χ3v) is 8.77. The zero-order valence-electron chi connectivity index (χ0n) is 19.3. The van der Waals surface area contributed by atoms with Gasteiger partial charge in [-0.15, -0.1) is 0 Å². The van der Waals surface area contributed by atoms with Crippen LogP contribution in [0.5, 0.6) is 0 Å². The molecule has 9 rings (SSSR count). The van der Waals surface area contributed by atoms with Gasteiger partial charge in [0.2, 0.25) is 0 Å². The number of hydrogen-bond donors (Lipinski definition) is 0. The molecule has 162 valence electrons. The van der Waals surface area contributed by atoms with Crippen LogP contribution < -0.4 is 0 Å². The van der Waals surface area contributed by atoms with Gasteiger partial charge in [-0.1, -0.05) is 84.9 Å². The van der Waals surface area contributed by atoms with Gasteiger partial charge in [0.15, 0.2) is 0 Å². The lowest BCUT2D eigenvalue weighted by molar-refractivity contribution is 1.04. The Morgan fingerprint density at radius 2 is 1.23 bits per heavy atom. The Labute approximate surface area is 205 Å². The van der Waals surface area contributed by atoms with Crippen LogP contribution in [-0.2, 0) is 12.8 Å². The molecule has 0 saturated carbocycles. The van der Waals surface area contributed by atoms with Crippen molar-refractivity contribution in [2.24, 2.45) is 0 Å². The van der Waals surface area contributed by atoms with Crippen LogP contribution >= 0.6 is 0 Å². The molecule has 1 unspecified atom stereocenters. The zero-order chi connectivity index (χ0) is 22.7. The van der Waals surface area contributed by atoms with E-state index in [1.54, 1.807) is 0 Å². The smallest absolute Gasteiger partial charge is 0.0358 e. The Morgan fingerprint density at radius 3 is 2.11 bits per heavy atom. The van der Waals surface area contributed by atoms with Crippen LogP contribution in [0, 0.1) is 0 Å². The average molecular weight is 443 g/mol. The molecule has 0 spiro atoms. The molecule has 0 fully saturated rings. The highest BCUT2D eigenvalue weighted by molar-refractivity contribution is 6.05. The van der Waals surface area contributed by atoms with Gasteiger partial charge >= 0.3 is 0 Å². The summed E-state index contributed by atoms with van der Waals surface area (Å²) in [6.07, 6.45) is 4.52. The average Bonchev–Trinajstić information content (AvgIpc) is 3.58. The van der Waals surface area contributed by atoms with Crippen molar-refractivity contribution in [2.45, 2.75) is 18.8 Å². The molecular weight excluding hydrogens is 420 g/mol. The Bertz CT molecular complexity index is 1800. The van der Waals surface area contributed by atoms with E-state index in [1.807, 2.05) is 0 Å². The Hall–Kier alpha value is -4.16. The molecular formula is C35H22. The molecule has 0 heterocycles. The standard InChI is InChI=1S/C35H22/c1-5-11-25-20(7-1)15-23-18-30-32-17-22-9-3-6-12-26(22)34(32)28-14-13-27-24-10-4-2-8-21(24)16-31(27)35(28)33(30)19-29(23)25/h1-14,17-19,34H,15-16H2. The maximum Gasteiger partial charge on any atom is 0.0358 e. The summed E-state index contributed by atoms with van der Waals surface area (Å²) < 4.78 is 0. The number of hydrogen-bond acceptors (Lipinski definition) is 0. The summed E-state index contributed by atoms with van der Waals surface area (Å²) in [5.74, 6) is 0.324. The van der Waals surface area contributed by atoms with Crippen LogP contribution in [0.3, 0.4) is 0 Å². The van der Waals surface area contributed by atoms with Crippen LogP contribution in [-0.4, -0.2) is 0 Å². The second kappa shape index (κ2) is 6.29. The van der Waals surface area contributed by atoms with E-state index >= 15 is 0 Å². The van der Waals surface area contributed by atoms with E-state index in [-0.39, 0.29) is 0 Å². The fourth-order valence-electron chi connectivity index (χ4n) is 7.31. The Kier molecular flexibility index (Phi) is 3.27. The lowest BCUT2D eigenvalue weighted by atomic mass is 9.72. The fraction of sp³-hybridized carbons (Fsp3) is 0.0857. The van der Waals surface area contributed by atoms with Gasteiger partial charge in [0, 0.05) is 5.92 Å². The summed E-state index contributed by atoms with van der Waals surface area (Å²) in [7, 11) is 0. The second-order valence-electron chi connectivity index (χ2n) is 10.4. The van der Waals surface area contributed by atoms with Crippen LogP contribution in [0.4, 0.5) is 0 Å². The largest absolute Gasteiger partial charge is 0.0619 e. The van der Waals surface area contributed by atoms with E-state index in [1.165, 1.54) is 83.5 Å². The number of fused-ring (bicyclic) bond motifs is 15. The molecule has 0 radical (unpaired) electrons. The number of rotatable bonds is 0. The minimum absolute atomic E-state index is 0.324. The second-order valence-corrected chi connectivity index (χ2v) is 10.4. The van der Waals surface area contributed by atoms with Gasteiger partial charge in [-0.05, 0) is 115 Å². The molecule has 0 amide bonds. The molecule has 0 saturated heterocycles. The van der Waals surface area contributed by atoms with E-state index in [0.29, 0.717) is 5.92 Å². The van der Waals surface area contributed by atoms with E-state index in [2.05, 4.69) is 103 Å². The molecule has 4 aliphatic carbocycles. The summed E-state index contributed by atoms with van der Waals surface area (Å²) in [6, 6.07) is 36.8. The van der Waals surface area contributed by atoms with Gasteiger partial charge in [0.25, 0.3) is 0 Å². The number of benzene rings is 5. The van der Waals surface area contributed by atoms with Gasteiger partial charge in [0.05, 0.1) is 0 Å². The molecule has 0 N–H and O–H groups in total. The topological polar surface area (TPSA) is 0 Å². The minimum Gasteiger partial charge on any atom is -0.0619 e. The van der Waals surface area contributed by atoms with Crippen LogP contribution in [0.15, 0.2) is 97.1 Å². The highest BCUT2D eigenvalue weighted by Gasteiger charge is 2.38. The third-order valence-electron chi connectivity index (χ3n) is 8.77. The predicted molar refractivity (Wildman–Crippen MR) is 145 cm³/mol. The quantitative estimate of drug-likeness (QED) is 0.221. The Balaban J connectivity index is 1.39. The lowest BCUT2D eigenvalue weighted by Crippen LogP contribution is -2.12. The summed E-state index contributed by atoms with van der Waals surface area (Å²) >= 11 is 0. The molecule has 1 atom stereocenters. The van der Waals surface area contributed by atoms with E-state index in [9.17, 15) is 0 Å². The van der Waals surface area contributed by atoms with Crippen molar-refractivity contribution in [1.82, 2.24) is 0 Å². The first kappa shape index (κ1) is 18.2. The van der Waals surface area contributed by atoms with Crippen LogP contribution in [0.25, 0.3) is 45.0 Å².